The van der Waals surface area contributed by atoms with E-state index in [1.54, 1.807) is 53.0 Å². The van der Waals surface area contributed by atoms with Crippen LogP contribution in [0.4, 0.5) is 0 Å². The molecule has 0 N–H and O–H groups in total. The molecule has 0 nitrogen and oxygen atoms in total. The van der Waals surface area contributed by atoms with E-state index in [1.807, 2.05) is 0 Å². The zero-order chi connectivity index (χ0) is 30.7. The van der Waals surface area contributed by atoms with Crippen molar-refractivity contribution in [1.82, 2.24) is 0 Å². The monoisotopic (exact) mass is 740 g/mol. The summed E-state index contributed by atoms with van der Waals surface area (Å²) in [5.41, 5.74) is 16.0. The molecule has 4 unspecified atom stereocenters. The average Bonchev–Trinajstić information content (AvgIpc) is 3.65. The van der Waals surface area contributed by atoms with Gasteiger partial charge in [0.2, 0.25) is 0 Å². The Morgan fingerprint density at radius 3 is 1.96 bits per heavy atom. The van der Waals surface area contributed by atoms with Crippen LogP contribution in [-0.4, -0.2) is 0 Å². The van der Waals surface area contributed by atoms with Crippen LogP contribution in [-0.2, 0) is 26.2 Å². The Balaban J connectivity index is 0.000000204. The van der Waals surface area contributed by atoms with Gasteiger partial charge in [-0.2, -0.15) is 23.1 Å². The van der Waals surface area contributed by atoms with Crippen molar-refractivity contribution in [2.45, 2.75) is 112 Å². The van der Waals surface area contributed by atoms with Crippen LogP contribution < -0.4 is 24.8 Å². The average molecular weight is 743 g/mol. The number of hydrogen-bond donors (Lipinski definition) is 0. The molecule has 7 aliphatic carbocycles. The fourth-order valence-corrected chi connectivity index (χ4v) is 11.7. The predicted octanol–water partition coefficient (Wildman–Crippen LogP) is 6.13. The van der Waals surface area contributed by atoms with E-state index in [2.05, 4.69) is 104 Å². The summed E-state index contributed by atoms with van der Waals surface area (Å²) in [5, 5.41) is 2.93. The maximum atomic E-state index is 3.38. The quantitative estimate of drug-likeness (QED) is 0.264. The SMILES string of the molecule is Cc1cc2c(c(C)c1C)C(C)c1c3c(c4ccccc4c1-2)C(C)C(C)C(C)[C-]3C.[C-]1=CC(C23CC4CC(CC(C4)C2)C3)=CC1.[Cl-].[Cl-].[Zr+4]. The first-order valence-corrected chi connectivity index (χ1v) is 17.9. The minimum atomic E-state index is 0. The third-order valence-corrected chi connectivity index (χ3v) is 14.1. The Morgan fingerprint density at radius 1 is 0.787 bits per heavy atom. The molecule has 10 rings (SSSR count). The van der Waals surface area contributed by atoms with Crippen LogP contribution >= 0.6 is 0 Å². The standard InChI is InChI=1S/C29H33.C15H19.2ClH.Zr/c1-14-13-24-25(18(5)15(14)2)21(8)28-27-20(7)17(4)16(3)19(6)26(27)22-11-9-10-12-23(22)29(24)28;1-2-4-14(3-1)15-8-11-5-12(9-15)7-13(6-11)10-15;;;/h9-13,16-17,19,21H,1-8H3;3-4,11-13H,1,5-10H2;2*1H;/q2*-1;;;+4/p-2. The molecule has 4 bridgehead atoms. The third-order valence-electron chi connectivity index (χ3n) is 14.1. The van der Waals surface area contributed by atoms with Crippen molar-refractivity contribution in [2.24, 2.45) is 35.0 Å². The van der Waals surface area contributed by atoms with E-state index in [1.165, 1.54) is 57.9 Å². The summed E-state index contributed by atoms with van der Waals surface area (Å²) < 4.78 is 0. The number of hydrogen-bond acceptors (Lipinski definition) is 0. The van der Waals surface area contributed by atoms with Crippen LogP contribution in [0.3, 0.4) is 0 Å². The summed E-state index contributed by atoms with van der Waals surface area (Å²) in [6, 6.07) is 11.7. The van der Waals surface area contributed by atoms with Gasteiger partial charge in [0.25, 0.3) is 0 Å². The van der Waals surface area contributed by atoms with Crippen molar-refractivity contribution in [3.05, 3.63) is 99.0 Å². The Morgan fingerprint density at radius 2 is 1.38 bits per heavy atom. The van der Waals surface area contributed by atoms with Gasteiger partial charge in [0, 0.05) is 0 Å². The van der Waals surface area contributed by atoms with Gasteiger partial charge in [-0.05, 0) is 96.9 Å². The van der Waals surface area contributed by atoms with Crippen molar-refractivity contribution in [3.63, 3.8) is 0 Å². The molecular weight excluding hydrogens is 691 g/mol. The van der Waals surface area contributed by atoms with Crippen LogP contribution in [0, 0.1) is 67.8 Å². The van der Waals surface area contributed by atoms with E-state index in [4.69, 9.17) is 0 Å². The molecule has 0 heterocycles. The Bertz CT molecular complexity index is 1710. The molecule has 47 heavy (non-hydrogen) atoms. The van der Waals surface area contributed by atoms with Gasteiger partial charge in [-0.25, -0.2) is 6.08 Å². The van der Waals surface area contributed by atoms with Gasteiger partial charge < -0.3 is 24.8 Å². The first kappa shape index (κ1) is 37.0. The fourth-order valence-electron chi connectivity index (χ4n) is 11.7. The second kappa shape index (κ2) is 13.5. The maximum absolute atomic E-state index is 3.38. The van der Waals surface area contributed by atoms with E-state index in [0.29, 0.717) is 29.1 Å². The van der Waals surface area contributed by atoms with Gasteiger partial charge in [0.1, 0.15) is 0 Å². The first-order chi connectivity index (χ1) is 21.1. The molecule has 7 aliphatic rings. The van der Waals surface area contributed by atoms with Crippen LogP contribution in [0.1, 0.15) is 130 Å². The normalized spacial score (nSPS) is 31.9. The Hall–Kier alpha value is -1.27. The molecule has 0 saturated heterocycles. The minimum absolute atomic E-state index is 0. The Labute approximate surface area is 317 Å². The molecule has 4 saturated carbocycles. The third kappa shape index (κ3) is 5.51. The van der Waals surface area contributed by atoms with Crippen LogP contribution in [0.2, 0.25) is 0 Å². The molecule has 0 amide bonds. The molecule has 3 aromatic rings. The molecule has 246 valence electrons. The van der Waals surface area contributed by atoms with Gasteiger partial charge >= 0.3 is 26.2 Å². The van der Waals surface area contributed by atoms with Crippen LogP contribution in [0.15, 0.2) is 48.1 Å². The van der Waals surface area contributed by atoms with Gasteiger partial charge in [-0.1, -0.05) is 118 Å². The molecule has 0 spiro atoms. The number of rotatable bonds is 1. The Kier molecular flexibility index (Phi) is 10.6. The number of allylic oxidation sites excluding steroid dienone is 4. The number of fused-ring (bicyclic) bond motifs is 8. The molecule has 0 radical (unpaired) electrons. The summed E-state index contributed by atoms with van der Waals surface area (Å²) in [6.45, 7) is 19.1. The van der Waals surface area contributed by atoms with E-state index in [-0.39, 0.29) is 51.0 Å². The van der Waals surface area contributed by atoms with Crippen molar-refractivity contribution in [1.29, 1.82) is 0 Å². The van der Waals surface area contributed by atoms with Crippen LogP contribution in [0.5, 0.6) is 0 Å². The minimum Gasteiger partial charge on any atom is -1.00 e. The molecule has 0 aromatic heterocycles. The first-order valence-electron chi connectivity index (χ1n) is 17.9. The van der Waals surface area contributed by atoms with Crippen molar-refractivity contribution >= 4 is 10.8 Å². The number of halogens is 2. The summed E-state index contributed by atoms with van der Waals surface area (Å²) in [7, 11) is 0. The fraction of sp³-hybridized carbons (Fsp3) is 0.523. The second-order valence-corrected chi connectivity index (χ2v) is 16.3. The smallest absolute Gasteiger partial charge is 1.00 e. The summed E-state index contributed by atoms with van der Waals surface area (Å²) in [4.78, 5) is 0. The molecule has 4 atom stereocenters. The van der Waals surface area contributed by atoms with Crippen molar-refractivity contribution < 1.29 is 51.0 Å². The van der Waals surface area contributed by atoms with Gasteiger partial charge in [0.05, 0.1) is 0 Å². The van der Waals surface area contributed by atoms with E-state index < -0.39 is 0 Å². The molecule has 3 aromatic carbocycles. The number of benzene rings is 3. The zero-order valence-corrected chi connectivity index (χ0v) is 33.8. The van der Waals surface area contributed by atoms with Gasteiger partial charge in [0.15, 0.2) is 0 Å². The van der Waals surface area contributed by atoms with Crippen molar-refractivity contribution in [2.75, 3.05) is 0 Å². The molecule has 4 fully saturated rings. The van der Waals surface area contributed by atoms with Crippen LogP contribution in [0.25, 0.3) is 21.9 Å². The van der Waals surface area contributed by atoms with Gasteiger partial charge in [-0.15, -0.1) is 17.5 Å². The maximum Gasteiger partial charge on any atom is 4.00 e. The van der Waals surface area contributed by atoms with E-state index in [9.17, 15) is 0 Å². The molecule has 3 heteroatoms. The summed E-state index contributed by atoms with van der Waals surface area (Å²) >= 11 is 0. The molecular formula is C44H52Cl2Zr. The van der Waals surface area contributed by atoms with E-state index in [0.717, 1.165) is 24.2 Å². The summed E-state index contributed by atoms with van der Waals surface area (Å²) in [5.74, 6) is 7.17. The van der Waals surface area contributed by atoms with E-state index >= 15 is 0 Å². The van der Waals surface area contributed by atoms with Gasteiger partial charge in [-0.3, -0.25) is 6.08 Å². The van der Waals surface area contributed by atoms with Crippen molar-refractivity contribution in [3.8, 4) is 11.1 Å². The number of aryl methyl sites for hydroxylation is 1. The topological polar surface area (TPSA) is 0 Å². The molecule has 0 aliphatic heterocycles. The zero-order valence-electron chi connectivity index (χ0n) is 29.8. The second-order valence-electron chi connectivity index (χ2n) is 16.3. The largest absolute Gasteiger partial charge is 4.00 e. The predicted molar refractivity (Wildman–Crippen MR) is 187 cm³/mol. The summed E-state index contributed by atoms with van der Waals surface area (Å²) in [6.07, 6.45) is 18.4.